The van der Waals surface area contributed by atoms with Crippen molar-refractivity contribution in [2.45, 2.75) is 65.3 Å². The maximum atomic E-state index is 13.0. The van der Waals surface area contributed by atoms with Crippen molar-refractivity contribution < 1.29 is 33.7 Å². The number of amides is 1. The third-order valence-electron chi connectivity index (χ3n) is 6.06. The Balaban J connectivity index is 1.61. The largest absolute Gasteiger partial charge is 0.482 e. The van der Waals surface area contributed by atoms with Crippen LogP contribution in [0.1, 0.15) is 74.7 Å². The lowest BCUT2D eigenvalue weighted by atomic mass is 10.0. The van der Waals surface area contributed by atoms with Gasteiger partial charge in [0.1, 0.15) is 17.0 Å². The van der Waals surface area contributed by atoms with E-state index < -0.39 is 29.4 Å². The highest BCUT2D eigenvalue weighted by Crippen LogP contribution is 2.21. The van der Waals surface area contributed by atoms with Crippen molar-refractivity contribution >= 4 is 29.4 Å². The first-order chi connectivity index (χ1) is 20.1. The monoisotopic (exact) mass is 609 g/mol. The SMILES string of the molecule is CC(C)(C)OC(=O)COc1ccc(C(=O)c2ccc(CCN(C[C@H](O)c3cccc(Cl)c3)C(=O)OC(C)(C)C)cc2)cc1. The zero-order valence-corrected chi connectivity index (χ0v) is 26.3. The number of hydrogen-bond donors (Lipinski definition) is 1. The number of halogens is 1. The number of aliphatic hydroxyl groups is 1. The van der Waals surface area contributed by atoms with Crippen LogP contribution in [0.15, 0.2) is 72.8 Å². The van der Waals surface area contributed by atoms with Gasteiger partial charge < -0.3 is 24.2 Å². The molecule has 0 heterocycles. The molecule has 0 aromatic heterocycles. The molecule has 1 atom stereocenters. The van der Waals surface area contributed by atoms with Crippen molar-refractivity contribution in [3.8, 4) is 5.75 Å². The van der Waals surface area contributed by atoms with E-state index in [0.717, 1.165) is 5.56 Å². The Morgan fingerprint density at radius 3 is 1.98 bits per heavy atom. The summed E-state index contributed by atoms with van der Waals surface area (Å²) in [6, 6.07) is 20.6. The van der Waals surface area contributed by atoms with Gasteiger partial charge in [0.2, 0.25) is 0 Å². The maximum Gasteiger partial charge on any atom is 0.410 e. The second-order valence-corrected chi connectivity index (χ2v) is 12.6. The van der Waals surface area contributed by atoms with Crippen LogP contribution in [0.25, 0.3) is 0 Å². The van der Waals surface area contributed by atoms with Crippen LogP contribution >= 0.6 is 11.6 Å². The lowest BCUT2D eigenvalue weighted by Gasteiger charge is -2.29. The van der Waals surface area contributed by atoms with E-state index >= 15 is 0 Å². The lowest BCUT2D eigenvalue weighted by Crippen LogP contribution is -2.40. The fourth-order valence-corrected chi connectivity index (χ4v) is 4.28. The second kappa shape index (κ2) is 14.5. The first-order valence-electron chi connectivity index (χ1n) is 14.1. The summed E-state index contributed by atoms with van der Waals surface area (Å²) in [6.07, 6.45) is -0.987. The van der Waals surface area contributed by atoms with Crippen LogP contribution in [0, 0.1) is 0 Å². The third-order valence-corrected chi connectivity index (χ3v) is 6.29. The molecule has 0 aliphatic rings. The Kier molecular flexibility index (Phi) is 11.4. The molecular weight excluding hydrogens is 570 g/mol. The van der Waals surface area contributed by atoms with Crippen molar-refractivity contribution in [2.24, 2.45) is 0 Å². The maximum absolute atomic E-state index is 13.0. The van der Waals surface area contributed by atoms with Gasteiger partial charge in [-0.2, -0.15) is 0 Å². The molecule has 3 aromatic rings. The summed E-state index contributed by atoms with van der Waals surface area (Å²) in [6.45, 7) is 10.8. The third kappa shape index (κ3) is 11.4. The fourth-order valence-electron chi connectivity index (χ4n) is 4.08. The first-order valence-corrected chi connectivity index (χ1v) is 14.5. The van der Waals surface area contributed by atoms with E-state index in [2.05, 4.69) is 0 Å². The average molecular weight is 610 g/mol. The smallest absolute Gasteiger partial charge is 0.410 e. The van der Waals surface area contributed by atoms with Gasteiger partial charge in [0, 0.05) is 22.7 Å². The highest BCUT2D eigenvalue weighted by molar-refractivity contribution is 6.30. The standard InChI is InChI=1S/C34H40ClNO7/c1-33(2,3)42-30(38)22-41-28-16-14-25(15-17-28)31(39)24-12-10-23(11-13-24)18-19-36(32(40)43-34(4,5)6)21-29(37)26-8-7-9-27(35)20-26/h7-17,20,29,37H,18-19,21-22H2,1-6H3/t29-/m0/s1. The summed E-state index contributed by atoms with van der Waals surface area (Å²) < 4.78 is 16.3. The van der Waals surface area contributed by atoms with Gasteiger partial charge in [-0.05, 0) is 95.5 Å². The van der Waals surface area contributed by atoms with Crippen LogP contribution < -0.4 is 4.74 Å². The van der Waals surface area contributed by atoms with E-state index in [9.17, 15) is 19.5 Å². The number of ether oxygens (including phenoxy) is 3. The number of hydrogen-bond acceptors (Lipinski definition) is 7. The minimum absolute atomic E-state index is 0.0311. The summed E-state index contributed by atoms with van der Waals surface area (Å²) >= 11 is 6.08. The quantitative estimate of drug-likeness (QED) is 0.188. The summed E-state index contributed by atoms with van der Waals surface area (Å²) in [5.74, 6) is -0.183. The number of aliphatic hydroxyl groups excluding tert-OH is 1. The molecule has 3 rings (SSSR count). The van der Waals surface area contributed by atoms with Gasteiger partial charge in [0.05, 0.1) is 12.6 Å². The topological polar surface area (TPSA) is 102 Å². The van der Waals surface area contributed by atoms with Gasteiger partial charge >= 0.3 is 12.1 Å². The zero-order valence-electron chi connectivity index (χ0n) is 25.6. The second-order valence-electron chi connectivity index (χ2n) is 12.2. The number of carbonyl (C=O) groups excluding carboxylic acids is 3. The Morgan fingerprint density at radius 1 is 0.837 bits per heavy atom. The van der Waals surface area contributed by atoms with E-state index in [1.807, 2.05) is 12.1 Å². The number of ketones is 1. The molecule has 0 aliphatic carbocycles. The number of rotatable bonds is 11. The molecule has 0 aliphatic heterocycles. The van der Waals surface area contributed by atoms with Gasteiger partial charge in [-0.1, -0.05) is 48.0 Å². The van der Waals surface area contributed by atoms with Crippen molar-refractivity contribution in [1.29, 1.82) is 0 Å². The molecule has 8 nitrogen and oxygen atoms in total. The molecule has 0 bridgehead atoms. The predicted octanol–water partition coefficient (Wildman–Crippen LogP) is 6.80. The lowest BCUT2D eigenvalue weighted by molar-refractivity contribution is -0.157. The molecule has 43 heavy (non-hydrogen) atoms. The van der Waals surface area contributed by atoms with E-state index in [-0.39, 0.29) is 18.9 Å². The molecule has 230 valence electrons. The Bertz CT molecular complexity index is 1390. The fraction of sp³-hybridized carbons (Fsp3) is 0.382. The number of benzene rings is 3. The Morgan fingerprint density at radius 2 is 1.42 bits per heavy atom. The van der Waals surface area contributed by atoms with Crippen molar-refractivity contribution in [3.05, 3.63) is 100 Å². The molecule has 0 unspecified atom stereocenters. The number of carbonyl (C=O) groups is 3. The first kappa shape index (κ1) is 33.6. The predicted molar refractivity (Wildman–Crippen MR) is 166 cm³/mol. The van der Waals surface area contributed by atoms with E-state index in [1.165, 1.54) is 4.90 Å². The van der Waals surface area contributed by atoms with Gasteiger partial charge in [0.15, 0.2) is 12.4 Å². The summed E-state index contributed by atoms with van der Waals surface area (Å²) in [5.41, 5.74) is 1.21. The van der Waals surface area contributed by atoms with Gasteiger partial charge in [-0.15, -0.1) is 0 Å². The highest BCUT2D eigenvalue weighted by atomic mass is 35.5. The van der Waals surface area contributed by atoms with E-state index in [0.29, 0.717) is 40.4 Å². The van der Waals surface area contributed by atoms with Gasteiger partial charge in [0.25, 0.3) is 0 Å². The van der Waals surface area contributed by atoms with Crippen molar-refractivity contribution in [3.63, 3.8) is 0 Å². The molecule has 1 amide bonds. The van der Waals surface area contributed by atoms with Crippen molar-refractivity contribution in [1.82, 2.24) is 4.90 Å². The zero-order chi connectivity index (χ0) is 31.8. The molecule has 9 heteroatoms. The molecule has 0 radical (unpaired) electrons. The molecule has 0 spiro atoms. The molecular formula is C34H40ClNO7. The molecule has 0 fully saturated rings. The van der Waals surface area contributed by atoms with Crippen LogP contribution in [0.4, 0.5) is 4.79 Å². The molecule has 1 N–H and O–H groups in total. The Labute approximate surface area is 258 Å². The minimum atomic E-state index is -0.944. The molecule has 0 saturated carbocycles. The van der Waals surface area contributed by atoms with Crippen LogP contribution in [0.5, 0.6) is 5.75 Å². The normalized spacial score (nSPS) is 12.3. The van der Waals surface area contributed by atoms with E-state index in [1.54, 1.807) is 102 Å². The number of esters is 1. The summed E-state index contributed by atoms with van der Waals surface area (Å²) in [5, 5.41) is 11.3. The van der Waals surface area contributed by atoms with Crippen LogP contribution in [0.3, 0.4) is 0 Å². The van der Waals surface area contributed by atoms with Crippen LogP contribution in [-0.4, -0.2) is 58.8 Å². The minimum Gasteiger partial charge on any atom is -0.482 e. The summed E-state index contributed by atoms with van der Waals surface area (Å²) in [4.78, 5) is 39.3. The molecule has 0 saturated heterocycles. The van der Waals surface area contributed by atoms with E-state index in [4.69, 9.17) is 25.8 Å². The Hall–Kier alpha value is -3.88. The summed E-state index contributed by atoms with van der Waals surface area (Å²) in [7, 11) is 0. The van der Waals surface area contributed by atoms with Gasteiger partial charge in [-0.3, -0.25) is 4.79 Å². The van der Waals surface area contributed by atoms with Crippen molar-refractivity contribution in [2.75, 3.05) is 19.7 Å². The molecule has 3 aromatic carbocycles. The van der Waals surface area contributed by atoms with Crippen LogP contribution in [0.2, 0.25) is 5.02 Å². The highest BCUT2D eigenvalue weighted by Gasteiger charge is 2.25. The van der Waals surface area contributed by atoms with Gasteiger partial charge in [-0.25, -0.2) is 9.59 Å². The number of nitrogens with zero attached hydrogens (tertiary/aromatic N) is 1. The average Bonchev–Trinajstić information content (AvgIpc) is 2.92. The van der Waals surface area contributed by atoms with Crippen LogP contribution in [-0.2, 0) is 20.7 Å².